The molecule has 0 aliphatic heterocycles. The summed E-state index contributed by atoms with van der Waals surface area (Å²) < 4.78 is 5.25. The summed E-state index contributed by atoms with van der Waals surface area (Å²) in [4.78, 5) is 15.0. The van der Waals surface area contributed by atoms with Crippen LogP contribution in [0, 0.1) is 0 Å². The van der Waals surface area contributed by atoms with Crippen molar-refractivity contribution in [3.63, 3.8) is 0 Å². The second-order valence-corrected chi connectivity index (χ2v) is 3.56. The molecule has 0 spiro atoms. The second kappa shape index (κ2) is 3.78. The van der Waals surface area contributed by atoms with Gasteiger partial charge in [0.25, 0.3) is 0 Å². The predicted octanol–water partition coefficient (Wildman–Crippen LogP) is 2.02. The first-order valence-electron chi connectivity index (χ1n) is 4.87. The number of esters is 1. The van der Waals surface area contributed by atoms with E-state index in [2.05, 4.69) is 4.98 Å². The van der Waals surface area contributed by atoms with Crippen LogP contribution in [0.5, 0.6) is 0 Å². The van der Waals surface area contributed by atoms with E-state index in [-0.39, 0.29) is 12.1 Å². The number of aryl methyl sites for hydroxylation is 1. The Morgan fingerprint density at radius 1 is 1.64 bits per heavy atom. The predicted molar refractivity (Wildman–Crippen MR) is 51.7 cm³/mol. The molecule has 1 aliphatic carbocycles. The normalized spacial score (nSPS) is 19.9. The molecule has 1 atom stereocenters. The standard InChI is InChI=1S/C11H13NO2/c1-8(13)14-11-4-2-3-9-7-12-6-5-10(9)11/h5-7,11H,2-4H2,1H3/t11-/m1/s1. The number of rotatable bonds is 1. The van der Waals surface area contributed by atoms with E-state index in [9.17, 15) is 4.79 Å². The van der Waals surface area contributed by atoms with Crippen LogP contribution < -0.4 is 0 Å². The minimum Gasteiger partial charge on any atom is -0.458 e. The van der Waals surface area contributed by atoms with Gasteiger partial charge in [-0.3, -0.25) is 9.78 Å². The molecule has 1 aromatic rings. The molecule has 1 aromatic heterocycles. The summed E-state index contributed by atoms with van der Waals surface area (Å²) in [6.07, 6.45) is 6.60. The molecule has 2 rings (SSSR count). The van der Waals surface area contributed by atoms with Gasteiger partial charge in [-0.15, -0.1) is 0 Å². The number of carbonyl (C=O) groups is 1. The topological polar surface area (TPSA) is 39.2 Å². The van der Waals surface area contributed by atoms with Crippen LogP contribution in [0.3, 0.4) is 0 Å². The Morgan fingerprint density at radius 2 is 2.50 bits per heavy atom. The van der Waals surface area contributed by atoms with Crippen molar-refractivity contribution in [2.24, 2.45) is 0 Å². The molecule has 0 radical (unpaired) electrons. The van der Waals surface area contributed by atoms with E-state index in [1.54, 1.807) is 6.20 Å². The number of carbonyl (C=O) groups excluding carboxylic acids is 1. The van der Waals surface area contributed by atoms with Crippen molar-refractivity contribution in [3.8, 4) is 0 Å². The molecule has 1 aliphatic rings. The third-order valence-electron chi connectivity index (χ3n) is 2.51. The maximum Gasteiger partial charge on any atom is 0.303 e. The largest absolute Gasteiger partial charge is 0.458 e. The summed E-state index contributed by atoms with van der Waals surface area (Å²) in [6, 6.07) is 1.95. The fourth-order valence-electron chi connectivity index (χ4n) is 1.92. The van der Waals surface area contributed by atoms with E-state index in [0.29, 0.717) is 0 Å². The van der Waals surface area contributed by atoms with E-state index in [0.717, 1.165) is 24.8 Å². The van der Waals surface area contributed by atoms with Crippen LogP contribution in [-0.4, -0.2) is 11.0 Å². The molecule has 74 valence electrons. The molecule has 0 fully saturated rings. The molecule has 0 saturated heterocycles. The maximum absolute atomic E-state index is 10.9. The van der Waals surface area contributed by atoms with Crippen molar-refractivity contribution in [3.05, 3.63) is 29.6 Å². The molecular weight excluding hydrogens is 178 g/mol. The monoisotopic (exact) mass is 191 g/mol. The van der Waals surface area contributed by atoms with E-state index in [4.69, 9.17) is 4.74 Å². The van der Waals surface area contributed by atoms with Gasteiger partial charge in [0.15, 0.2) is 0 Å². The number of ether oxygens (including phenoxy) is 1. The van der Waals surface area contributed by atoms with E-state index in [1.807, 2.05) is 12.3 Å². The number of nitrogens with zero attached hydrogens (tertiary/aromatic N) is 1. The van der Waals surface area contributed by atoms with Crippen molar-refractivity contribution < 1.29 is 9.53 Å². The van der Waals surface area contributed by atoms with Gasteiger partial charge in [0.1, 0.15) is 6.10 Å². The molecule has 0 N–H and O–H groups in total. The lowest BCUT2D eigenvalue weighted by atomic mass is 9.91. The van der Waals surface area contributed by atoms with Crippen LogP contribution in [0.15, 0.2) is 18.5 Å². The number of hydrogen-bond donors (Lipinski definition) is 0. The third kappa shape index (κ3) is 1.76. The maximum atomic E-state index is 10.9. The number of fused-ring (bicyclic) bond motifs is 1. The van der Waals surface area contributed by atoms with Gasteiger partial charge < -0.3 is 4.74 Å². The fraction of sp³-hybridized carbons (Fsp3) is 0.455. The Bertz CT molecular complexity index is 349. The number of pyridine rings is 1. The van der Waals surface area contributed by atoms with E-state index < -0.39 is 0 Å². The van der Waals surface area contributed by atoms with Crippen LogP contribution in [0.25, 0.3) is 0 Å². The summed E-state index contributed by atoms with van der Waals surface area (Å²) in [5, 5.41) is 0. The van der Waals surface area contributed by atoms with Gasteiger partial charge in [0.2, 0.25) is 0 Å². The first-order chi connectivity index (χ1) is 6.77. The first kappa shape index (κ1) is 9.19. The highest BCUT2D eigenvalue weighted by Crippen LogP contribution is 2.31. The molecule has 0 unspecified atom stereocenters. The van der Waals surface area contributed by atoms with E-state index >= 15 is 0 Å². The van der Waals surface area contributed by atoms with Crippen LogP contribution in [0.1, 0.15) is 37.0 Å². The summed E-state index contributed by atoms with van der Waals surface area (Å²) in [5.74, 6) is -0.209. The van der Waals surface area contributed by atoms with Gasteiger partial charge >= 0.3 is 5.97 Å². The van der Waals surface area contributed by atoms with Crippen molar-refractivity contribution in [2.75, 3.05) is 0 Å². The highest BCUT2D eigenvalue weighted by Gasteiger charge is 2.21. The Morgan fingerprint density at radius 3 is 3.29 bits per heavy atom. The van der Waals surface area contributed by atoms with Gasteiger partial charge in [-0.05, 0) is 36.5 Å². The van der Waals surface area contributed by atoms with Crippen LogP contribution in [0.4, 0.5) is 0 Å². The van der Waals surface area contributed by atoms with Crippen molar-refractivity contribution in [2.45, 2.75) is 32.3 Å². The van der Waals surface area contributed by atoms with Crippen LogP contribution >= 0.6 is 0 Å². The van der Waals surface area contributed by atoms with Gasteiger partial charge in [-0.2, -0.15) is 0 Å². The third-order valence-corrected chi connectivity index (χ3v) is 2.51. The second-order valence-electron chi connectivity index (χ2n) is 3.56. The Balaban J connectivity index is 2.26. The van der Waals surface area contributed by atoms with Gasteiger partial charge in [0.05, 0.1) is 0 Å². The summed E-state index contributed by atoms with van der Waals surface area (Å²) in [5.41, 5.74) is 2.34. The summed E-state index contributed by atoms with van der Waals surface area (Å²) in [6.45, 7) is 1.45. The summed E-state index contributed by atoms with van der Waals surface area (Å²) >= 11 is 0. The lowest BCUT2D eigenvalue weighted by Crippen LogP contribution is -2.15. The van der Waals surface area contributed by atoms with E-state index in [1.165, 1.54) is 12.5 Å². The first-order valence-corrected chi connectivity index (χ1v) is 4.87. The van der Waals surface area contributed by atoms with Crippen LogP contribution in [0.2, 0.25) is 0 Å². The molecular formula is C11H13NO2. The lowest BCUT2D eigenvalue weighted by Gasteiger charge is -2.24. The Labute approximate surface area is 83.1 Å². The molecule has 3 heteroatoms. The number of hydrogen-bond acceptors (Lipinski definition) is 3. The highest BCUT2D eigenvalue weighted by molar-refractivity contribution is 5.66. The zero-order chi connectivity index (χ0) is 9.97. The van der Waals surface area contributed by atoms with Crippen molar-refractivity contribution in [1.82, 2.24) is 4.98 Å². The molecule has 1 heterocycles. The summed E-state index contributed by atoms with van der Waals surface area (Å²) in [7, 11) is 0. The SMILES string of the molecule is CC(=O)O[C@@H]1CCCc2cnccc21. The molecule has 14 heavy (non-hydrogen) atoms. The average molecular weight is 191 g/mol. The molecule has 0 saturated carbocycles. The zero-order valence-electron chi connectivity index (χ0n) is 8.19. The number of aromatic nitrogens is 1. The minimum atomic E-state index is -0.209. The molecule has 0 bridgehead atoms. The Hall–Kier alpha value is -1.38. The van der Waals surface area contributed by atoms with Crippen molar-refractivity contribution in [1.29, 1.82) is 0 Å². The van der Waals surface area contributed by atoms with Gasteiger partial charge in [0, 0.05) is 19.3 Å². The zero-order valence-corrected chi connectivity index (χ0v) is 8.19. The molecule has 0 amide bonds. The smallest absolute Gasteiger partial charge is 0.303 e. The Kier molecular flexibility index (Phi) is 2.48. The van der Waals surface area contributed by atoms with Gasteiger partial charge in [-0.1, -0.05) is 0 Å². The van der Waals surface area contributed by atoms with Crippen LogP contribution in [-0.2, 0) is 16.0 Å². The lowest BCUT2D eigenvalue weighted by molar-refractivity contribution is -0.147. The van der Waals surface area contributed by atoms with Crippen molar-refractivity contribution >= 4 is 5.97 Å². The quantitative estimate of drug-likeness (QED) is 0.637. The fourth-order valence-corrected chi connectivity index (χ4v) is 1.92. The molecule has 3 nitrogen and oxygen atoms in total. The molecule has 0 aromatic carbocycles. The highest BCUT2D eigenvalue weighted by atomic mass is 16.5. The van der Waals surface area contributed by atoms with Gasteiger partial charge in [-0.25, -0.2) is 0 Å². The average Bonchev–Trinajstić information content (AvgIpc) is 2.18. The minimum absolute atomic E-state index is 0.0563.